The van der Waals surface area contributed by atoms with Crippen LogP contribution in [-0.4, -0.2) is 54.9 Å². The van der Waals surface area contributed by atoms with Crippen molar-refractivity contribution in [2.24, 2.45) is 5.73 Å². The third-order valence-corrected chi connectivity index (χ3v) is 5.02. The molecule has 1 aromatic rings. The standard InChI is InChI=1S/C8H13F2N5O3S2/c1-5(16)12-7-13-14-8(19-7)20(17,18)15(3-2-11)4-6(9)10/h6H,2-4,11H2,1H3,(H,12,13,16). The number of amides is 1. The fourth-order valence-corrected chi connectivity index (χ4v) is 3.75. The van der Waals surface area contributed by atoms with Gasteiger partial charge in [-0.1, -0.05) is 11.3 Å². The molecule has 1 rings (SSSR count). The van der Waals surface area contributed by atoms with E-state index in [2.05, 4.69) is 15.5 Å². The lowest BCUT2D eigenvalue weighted by atomic mass is 10.6. The zero-order chi connectivity index (χ0) is 15.3. The van der Waals surface area contributed by atoms with Crippen LogP contribution in [-0.2, 0) is 14.8 Å². The predicted octanol–water partition coefficient (Wildman–Crippen LogP) is -0.289. The van der Waals surface area contributed by atoms with Crippen LogP contribution >= 0.6 is 11.3 Å². The van der Waals surface area contributed by atoms with Crippen LogP contribution in [0.2, 0.25) is 0 Å². The van der Waals surface area contributed by atoms with Gasteiger partial charge in [0, 0.05) is 20.0 Å². The summed E-state index contributed by atoms with van der Waals surface area (Å²) in [4.78, 5) is 10.8. The minimum absolute atomic E-state index is 0.0270. The Morgan fingerprint density at radius 2 is 2.15 bits per heavy atom. The Morgan fingerprint density at radius 1 is 1.50 bits per heavy atom. The molecule has 1 aromatic heterocycles. The van der Waals surface area contributed by atoms with Crippen molar-refractivity contribution < 1.29 is 22.0 Å². The first kappa shape index (κ1) is 16.8. The molecule has 0 bridgehead atoms. The second kappa shape index (κ2) is 6.97. The maximum Gasteiger partial charge on any atom is 0.272 e. The van der Waals surface area contributed by atoms with Crippen LogP contribution in [0.15, 0.2) is 4.34 Å². The zero-order valence-corrected chi connectivity index (χ0v) is 12.0. The number of carbonyl (C=O) groups is 1. The summed E-state index contributed by atoms with van der Waals surface area (Å²) in [7, 11) is -4.21. The van der Waals surface area contributed by atoms with Crippen molar-refractivity contribution in [3.05, 3.63) is 0 Å². The first-order valence-corrected chi connectivity index (χ1v) is 7.62. The second-order valence-corrected chi connectivity index (χ2v) is 6.69. The molecule has 0 saturated heterocycles. The van der Waals surface area contributed by atoms with E-state index in [0.717, 1.165) is 0 Å². The van der Waals surface area contributed by atoms with Gasteiger partial charge in [0.1, 0.15) is 0 Å². The van der Waals surface area contributed by atoms with Gasteiger partial charge in [0.25, 0.3) is 16.4 Å². The maximum atomic E-state index is 12.4. The molecule has 114 valence electrons. The van der Waals surface area contributed by atoms with E-state index in [-0.39, 0.29) is 18.2 Å². The Labute approximate surface area is 118 Å². The van der Waals surface area contributed by atoms with Crippen LogP contribution in [0, 0.1) is 0 Å². The number of rotatable bonds is 7. The molecule has 0 aromatic carbocycles. The Kier molecular flexibility index (Phi) is 5.86. The van der Waals surface area contributed by atoms with Gasteiger partial charge in [-0.2, -0.15) is 4.31 Å². The normalized spacial score (nSPS) is 12.1. The highest BCUT2D eigenvalue weighted by Crippen LogP contribution is 2.23. The molecule has 0 unspecified atom stereocenters. The van der Waals surface area contributed by atoms with Crippen molar-refractivity contribution in [3.8, 4) is 0 Å². The number of alkyl halides is 2. The van der Waals surface area contributed by atoms with E-state index in [1.165, 1.54) is 6.92 Å². The number of hydrogen-bond acceptors (Lipinski definition) is 7. The van der Waals surface area contributed by atoms with Gasteiger partial charge in [0.15, 0.2) is 0 Å². The Balaban J connectivity index is 3.00. The second-order valence-electron chi connectivity index (χ2n) is 3.60. The lowest BCUT2D eigenvalue weighted by Gasteiger charge is -2.18. The van der Waals surface area contributed by atoms with Gasteiger partial charge in [-0.3, -0.25) is 4.79 Å². The topological polar surface area (TPSA) is 118 Å². The maximum absolute atomic E-state index is 12.4. The summed E-state index contributed by atoms with van der Waals surface area (Å²) in [6, 6.07) is 0. The summed E-state index contributed by atoms with van der Waals surface area (Å²) in [5, 5.41) is 9.08. The number of hydrogen-bond donors (Lipinski definition) is 2. The van der Waals surface area contributed by atoms with Gasteiger partial charge in [0.05, 0.1) is 6.54 Å². The number of nitrogens with one attached hydrogen (secondary N) is 1. The van der Waals surface area contributed by atoms with Gasteiger partial charge in [-0.25, -0.2) is 17.2 Å². The molecule has 12 heteroatoms. The molecular formula is C8H13F2N5O3S2. The first-order chi connectivity index (χ1) is 9.27. The molecule has 0 saturated carbocycles. The molecule has 0 fully saturated rings. The number of sulfonamides is 1. The molecule has 0 aliphatic carbocycles. The highest BCUT2D eigenvalue weighted by Gasteiger charge is 2.30. The van der Waals surface area contributed by atoms with Crippen molar-refractivity contribution in [3.63, 3.8) is 0 Å². The zero-order valence-electron chi connectivity index (χ0n) is 10.4. The van der Waals surface area contributed by atoms with Gasteiger partial charge >= 0.3 is 0 Å². The summed E-state index contributed by atoms with van der Waals surface area (Å²) < 4.78 is 49.0. The molecule has 20 heavy (non-hydrogen) atoms. The molecule has 0 aliphatic heterocycles. The van der Waals surface area contributed by atoms with E-state index in [1.807, 2.05) is 0 Å². The van der Waals surface area contributed by atoms with Crippen LogP contribution in [0.25, 0.3) is 0 Å². The van der Waals surface area contributed by atoms with Gasteiger partial charge < -0.3 is 11.1 Å². The van der Waals surface area contributed by atoms with Crippen molar-refractivity contribution in [1.82, 2.24) is 14.5 Å². The number of nitrogens with two attached hydrogens (primary N) is 1. The molecule has 0 radical (unpaired) electrons. The monoisotopic (exact) mass is 329 g/mol. The molecule has 3 N–H and O–H groups in total. The quantitative estimate of drug-likeness (QED) is 0.664. The average molecular weight is 329 g/mol. The van der Waals surface area contributed by atoms with Gasteiger partial charge in [-0.15, -0.1) is 10.2 Å². The predicted molar refractivity (Wildman–Crippen MR) is 68.0 cm³/mol. The van der Waals surface area contributed by atoms with Gasteiger partial charge in [-0.05, 0) is 0 Å². The summed E-state index contributed by atoms with van der Waals surface area (Å²) in [6.07, 6.45) is -2.83. The third-order valence-electron chi connectivity index (χ3n) is 1.97. The van der Waals surface area contributed by atoms with Crippen LogP contribution in [0.5, 0.6) is 0 Å². The third kappa shape index (κ3) is 4.40. The fraction of sp³-hybridized carbons (Fsp3) is 0.625. The lowest BCUT2D eigenvalue weighted by Crippen LogP contribution is -2.38. The molecular weight excluding hydrogens is 316 g/mol. The van der Waals surface area contributed by atoms with Crippen molar-refractivity contribution in [2.45, 2.75) is 17.7 Å². The minimum atomic E-state index is -4.21. The summed E-state index contributed by atoms with van der Waals surface area (Å²) in [5.41, 5.74) is 5.21. The molecule has 1 heterocycles. The van der Waals surface area contributed by atoms with E-state index in [9.17, 15) is 22.0 Å². The Hall–Kier alpha value is -1.24. The SMILES string of the molecule is CC(=O)Nc1nnc(S(=O)(=O)N(CCN)CC(F)F)s1. The summed E-state index contributed by atoms with van der Waals surface area (Å²) in [5.74, 6) is -0.448. The lowest BCUT2D eigenvalue weighted by molar-refractivity contribution is -0.114. The van der Waals surface area contributed by atoms with E-state index >= 15 is 0 Å². The Bertz CT molecular complexity index is 562. The smallest absolute Gasteiger partial charge is 0.272 e. The largest absolute Gasteiger partial charge is 0.329 e. The van der Waals surface area contributed by atoms with Crippen molar-refractivity contribution >= 4 is 32.4 Å². The van der Waals surface area contributed by atoms with E-state index in [0.29, 0.717) is 15.6 Å². The number of nitrogens with zero attached hydrogens (tertiary/aromatic N) is 3. The van der Waals surface area contributed by atoms with Crippen molar-refractivity contribution in [1.29, 1.82) is 0 Å². The van der Waals surface area contributed by atoms with E-state index in [1.54, 1.807) is 0 Å². The summed E-state index contributed by atoms with van der Waals surface area (Å²) in [6.45, 7) is -0.132. The average Bonchev–Trinajstić information content (AvgIpc) is 2.76. The molecule has 1 amide bonds. The fourth-order valence-electron chi connectivity index (χ4n) is 1.23. The van der Waals surface area contributed by atoms with Crippen LogP contribution in [0.4, 0.5) is 13.9 Å². The molecule has 0 spiro atoms. The first-order valence-electron chi connectivity index (χ1n) is 5.37. The number of carbonyl (C=O) groups excluding carboxylic acids is 1. The minimum Gasteiger partial charge on any atom is -0.329 e. The Morgan fingerprint density at radius 3 is 2.65 bits per heavy atom. The molecule has 0 aliphatic rings. The van der Waals surface area contributed by atoms with Crippen LogP contribution in [0.3, 0.4) is 0 Å². The number of aromatic nitrogens is 2. The highest BCUT2D eigenvalue weighted by atomic mass is 32.2. The highest BCUT2D eigenvalue weighted by molar-refractivity contribution is 7.91. The summed E-state index contributed by atoms with van der Waals surface area (Å²) >= 11 is 0.580. The van der Waals surface area contributed by atoms with Gasteiger partial charge in [0.2, 0.25) is 15.4 Å². The number of halogens is 2. The van der Waals surface area contributed by atoms with Crippen molar-refractivity contribution in [2.75, 3.05) is 25.0 Å². The van der Waals surface area contributed by atoms with E-state index in [4.69, 9.17) is 5.73 Å². The van der Waals surface area contributed by atoms with E-state index < -0.39 is 33.2 Å². The number of anilines is 1. The van der Waals surface area contributed by atoms with Crippen LogP contribution in [0.1, 0.15) is 6.92 Å². The molecule has 0 atom stereocenters. The molecule has 8 nitrogen and oxygen atoms in total. The van der Waals surface area contributed by atoms with Crippen LogP contribution < -0.4 is 11.1 Å².